The van der Waals surface area contributed by atoms with Gasteiger partial charge in [-0.1, -0.05) is 32.1 Å². The highest BCUT2D eigenvalue weighted by Crippen LogP contribution is 2.27. The standard InChI is InChI=1S/C16H21N3O/c1-12-9-14(11-20)10-19-16(12)17-15(18-19)8-7-13-5-3-2-4-6-13/h9-11,13H,2-8H2,1H3. The second-order valence-electron chi connectivity index (χ2n) is 5.91. The number of carbonyl (C=O) groups is 1. The first-order valence-corrected chi connectivity index (χ1v) is 7.57. The van der Waals surface area contributed by atoms with E-state index in [1.165, 1.54) is 38.5 Å². The molecule has 2 aromatic rings. The maximum Gasteiger partial charge on any atom is 0.158 e. The zero-order valence-electron chi connectivity index (χ0n) is 12.0. The Kier molecular flexibility index (Phi) is 3.81. The summed E-state index contributed by atoms with van der Waals surface area (Å²) >= 11 is 0. The van der Waals surface area contributed by atoms with E-state index < -0.39 is 0 Å². The van der Waals surface area contributed by atoms with Gasteiger partial charge in [-0.15, -0.1) is 0 Å². The van der Waals surface area contributed by atoms with E-state index in [9.17, 15) is 4.79 Å². The summed E-state index contributed by atoms with van der Waals surface area (Å²) in [6, 6.07) is 1.86. The Morgan fingerprint density at radius 1 is 1.35 bits per heavy atom. The molecule has 0 N–H and O–H groups in total. The minimum atomic E-state index is 0.652. The summed E-state index contributed by atoms with van der Waals surface area (Å²) in [6.07, 6.45) is 11.6. The Bertz CT molecular complexity index is 611. The number of carbonyl (C=O) groups excluding carboxylic acids is 1. The highest BCUT2D eigenvalue weighted by molar-refractivity contribution is 5.75. The van der Waals surface area contributed by atoms with Gasteiger partial charge in [0.15, 0.2) is 17.8 Å². The van der Waals surface area contributed by atoms with Crippen molar-refractivity contribution in [3.63, 3.8) is 0 Å². The van der Waals surface area contributed by atoms with Gasteiger partial charge in [-0.25, -0.2) is 9.50 Å². The number of pyridine rings is 1. The molecule has 4 heteroatoms. The summed E-state index contributed by atoms with van der Waals surface area (Å²) in [5, 5.41) is 4.51. The highest BCUT2D eigenvalue weighted by atomic mass is 16.1. The van der Waals surface area contributed by atoms with Gasteiger partial charge in [0.1, 0.15) is 0 Å². The number of hydrogen-bond donors (Lipinski definition) is 0. The monoisotopic (exact) mass is 271 g/mol. The lowest BCUT2D eigenvalue weighted by molar-refractivity contribution is 0.112. The van der Waals surface area contributed by atoms with Gasteiger partial charge in [-0.3, -0.25) is 4.79 Å². The largest absolute Gasteiger partial charge is 0.298 e. The Morgan fingerprint density at radius 3 is 2.90 bits per heavy atom. The Morgan fingerprint density at radius 2 is 2.15 bits per heavy atom. The van der Waals surface area contributed by atoms with E-state index in [4.69, 9.17) is 0 Å². The number of aldehydes is 1. The van der Waals surface area contributed by atoms with E-state index in [-0.39, 0.29) is 0 Å². The highest BCUT2D eigenvalue weighted by Gasteiger charge is 2.15. The van der Waals surface area contributed by atoms with E-state index in [2.05, 4.69) is 10.1 Å². The van der Waals surface area contributed by atoms with Gasteiger partial charge >= 0.3 is 0 Å². The van der Waals surface area contributed by atoms with Crippen molar-refractivity contribution in [1.29, 1.82) is 0 Å². The predicted octanol–water partition coefficient (Wildman–Crippen LogP) is 3.36. The van der Waals surface area contributed by atoms with Crippen LogP contribution in [0.3, 0.4) is 0 Å². The van der Waals surface area contributed by atoms with Crippen molar-refractivity contribution < 1.29 is 4.79 Å². The first kappa shape index (κ1) is 13.3. The third-order valence-corrected chi connectivity index (χ3v) is 4.32. The molecule has 2 aromatic heterocycles. The van der Waals surface area contributed by atoms with Crippen LogP contribution >= 0.6 is 0 Å². The van der Waals surface area contributed by atoms with Crippen LogP contribution < -0.4 is 0 Å². The topological polar surface area (TPSA) is 47.3 Å². The fourth-order valence-corrected chi connectivity index (χ4v) is 3.20. The molecule has 0 amide bonds. The fraction of sp³-hybridized carbons (Fsp3) is 0.562. The summed E-state index contributed by atoms with van der Waals surface area (Å²) in [4.78, 5) is 15.5. The maximum absolute atomic E-state index is 10.9. The molecule has 0 atom stereocenters. The van der Waals surface area contributed by atoms with Gasteiger partial charge in [-0.05, 0) is 30.9 Å². The molecule has 0 aromatic carbocycles. The molecule has 1 saturated carbocycles. The third-order valence-electron chi connectivity index (χ3n) is 4.32. The van der Waals surface area contributed by atoms with Gasteiger partial charge in [0, 0.05) is 18.2 Å². The molecule has 1 aliphatic rings. The van der Waals surface area contributed by atoms with Crippen molar-refractivity contribution in [2.24, 2.45) is 5.92 Å². The molecular weight excluding hydrogens is 250 g/mol. The second kappa shape index (κ2) is 5.73. The SMILES string of the molecule is Cc1cc(C=O)cn2nc(CCC3CCCCC3)nc12. The second-order valence-corrected chi connectivity index (χ2v) is 5.91. The first-order chi connectivity index (χ1) is 9.76. The summed E-state index contributed by atoms with van der Waals surface area (Å²) in [6.45, 7) is 1.97. The third kappa shape index (κ3) is 2.74. The van der Waals surface area contributed by atoms with Crippen LogP contribution in [0.15, 0.2) is 12.3 Å². The average molecular weight is 271 g/mol. The van der Waals surface area contributed by atoms with Crippen LogP contribution in [0.1, 0.15) is 60.3 Å². The number of aryl methyl sites for hydroxylation is 2. The molecule has 4 nitrogen and oxygen atoms in total. The van der Waals surface area contributed by atoms with Crippen LogP contribution in [0.4, 0.5) is 0 Å². The van der Waals surface area contributed by atoms with E-state index in [0.29, 0.717) is 5.56 Å². The fourth-order valence-electron chi connectivity index (χ4n) is 3.20. The zero-order chi connectivity index (χ0) is 13.9. The molecule has 1 fully saturated rings. The number of nitrogens with zero attached hydrogens (tertiary/aromatic N) is 3. The minimum Gasteiger partial charge on any atom is -0.298 e. The molecule has 0 radical (unpaired) electrons. The van der Waals surface area contributed by atoms with Crippen LogP contribution in [0.25, 0.3) is 5.65 Å². The van der Waals surface area contributed by atoms with Crippen molar-refractivity contribution >= 4 is 11.9 Å². The summed E-state index contributed by atoms with van der Waals surface area (Å²) < 4.78 is 1.75. The van der Waals surface area contributed by atoms with E-state index in [0.717, 1.165) is 35.7 Å². The van der Waals surface area contributed by atoms with E-state index in [1.807, 2.05) is 13.0 Å². The van der Waals surface area contributed by atoms with Crippen LogP contribution in [-0.2, 0) is 6.42 Å². The lowest BCUT2D eigenvalue weighted by Crippen LogP contribution is -2.07. The van der Waals surface area contributed by atoms with Crippen molar-refractivity contribution in [2.45, 2.75) is 51.9 Å². The Labute approximate surface area is 119 Å². The first-order valence-electron chi connectivity index (χ1n) is 7.57. The van der Waals surface area contributed by atoms with Crippen molar-refractivity contribution in [3.8, 4) is 0 Å². The lowest BCUT2D eigenvalue weighted by Gasteiger charge is -2.20. The predicted molar refractivity (Wildman–Crippen MR) is 78.0 cm³/mol. The molecular formula is C16H21N3O. The van der Waals surface area contributed by atoms with Crippen LogP contribution in [0.2, 0.25) is 0 Å². The van der Waals surface area contributed by atoms with Crippen LogP contribution in [-0.4, -0.2) is 20.9 Å². The molecule has 0 aliphatic heterocycles. The summed E-state index contributed by atoms with van der Waals surface area (Å²) in [5.74, 6) is 1.75. The van der Waals surface area contributed by atoms with E-state index >= 15 is 0 Å². The summed E-state index contributed by atoms with van der Waals surface area (Å²) in [7, 11) is 0. The van der Waals surface area contributed by atoms with Crippen molar-refractivity contribution in [3.05, 3.63) is 29.2 Å². The summed E-state index contributed by atoms with van der Waals surface area (Å²) in [5.41, 5.74) is 2.53. The van der Waals surface area contributed by atoms with Gasteiger partial charge in [0.2, 0.25) is 0 Å². The molecule has 20 heavy (non-hydrogen) atoms. The van der Waals surface area contributed by atoms with E-state index in [1.54, 1.807) is 10.7 Å². The number of aromatic nitrogens is 3. The molecule has 1 aliphatic carbocycles. The van der Waals surface area contributed by atoms with Crippen LogP contribution in [0.5, 0.6) is 0 Å². The van der Waals surface area contributed by atoms with Gasteiger partial charge < -0.3 is 0 Å². The van der Waals surface area contributed by atoms with Crippen LogP contribution in [0, 0.1) is 12.8 Å². The maximum atomic E-state index is 10.9. The zero-order valence-corrected chi connectivity index (χ0v) is 12.0. The van der Waals surface area contributed by atoms with Gasteiger partial charge in [0.05, 0.1) is 0 Å². The number of hydrogen-bond acceptors (Lipinski definition) is 3. The molecule has 3 rings (SSSR count). The van der Waals surface area contributed by atoms with Gasteiger partial charge in [-0.2, -0.15) is 5.10 Å². The minimum absolute atomic E-state index is 0.652. The quantitative estimate of drug-likeness (QED) is 0.801. The molecule has 0 saturated heterocycles. The average Bonchev–Trinajstić information content (AvgIpc) is 2.89. The lowest BCUT2D eigenvalue weighted by atomic mass is 9.86. The molecule has 2 heterocycles. The Balaban J connectivity index is 1.75. The number of rotatable bonds is 4. The number of fused-ring (bicyclic) bond motifs is 1. The molecule has 0 spiro atoms. The molecule has 0 bridgehead atoms. The molecule has 106 valence electrons. The Hall–Kier alpha value is -1.71. The molecule has 0 unspecified atom stereocenters. The van der Waals surface area contributed by atoms with Crippen molar-refractivity contribution in [2.75, 3.05) is 0 Å². The van der Waals surface area contributed by atoms with Gasteiger partial charge in [0.25, 0.3) is 0 Å². The van der Waals surface area contributed by atoms with Crippen molar-refractivity contribution in [1.82, 2.24) is 14.6 Å². The normalized spacial score (nSPS) is 16.6. The smallest absolute Gasteiger partial charge is 0.158 e.